The number of fused-ring (bicyclic) bond motifs is 1. The van der Waals surface area contributed by atoms with Gasteiger partial charge in [-0.3, -0.25) is 9.59 Å². The van der Waals surface area contributed by atoms with E-state index in [4.69, 9.17) is 0 Å². The molecule has 0 aliphatic rings. The number of rotatable bonds is 7. The van der Waals surface area contributed by atoms with Crippen LogP contribution < -0.4 is 5.32 Å². The second kappa shape index (κ2) is 9.36. The number of hydrogen-bond acceptors (Lipinski definition) is 5. The molecule has 8 heteroatoms. The molecule has 2 aromatic carbocycles. The van der Waals surface area contributed by atoms with E-state index in [1.54, 1.807) is 72.2 Å². The highest BCUT2D eigenvalue weighted by Gasteiger charge is 2.14. The SMILES string of the molecule is Cn1ccnc1C(=O)c1ccc(NC(=O)c2ccc(SCc3cn4ccccc4n3)cc2)cc1. The molecule has 3 aromatic heterocycles. The third-order valence-corrected chi connectivity index (χ3v) is 6.39. The maximum Gasteiger partial charge on any atom is 0.255 e. The van der Waals surface area contributed by atoms with E-state index in [1.807, 2.05) is 47.1 Å². The van der Waals surface area contributed by atoms with Gasteiger partial charge in [-0.05, 0) is 60.7 Å². The standard InChI is InChI=1S/C26H21N5O2S/c1-30-15-13-27-25(30)24(32)18-5-9-20(10-6-18)29-26(33)19-7-11-22(12-8-19)34-17-21-16-31-14-3-2-4-23(31)28-21/h2-16H,17H2,1H3,(H,29,33). The third kappa shape index (κ3) is 4.62. The van der Waals surface area contributed by atoms with Gasteiger partial charge in [0.1, 0.15) is 5.65 Å². The van der Waals surface area contributed by atoms with Crippen molar-refractivity contribution in [2.75, 3.05) is 5.32 Å². The van der Waals surface area contributed by atoms with Crippen molar-refractivity contribution in [3.8, 4) is 0 Å². The van der Waals surface area contributed by atoms with Crippen LogP contribution in [0.5, 0.6) is 0 Å². The highest BCUT2D eigenvalue weighted by atomic mass is 32.2. The van der Waals surface area contributed by atoms with Gasteiger partial charge in [0.25, 0.3) is 5.91 Å². The van der Waals surface area contributed by atoms with Crippen molar-refractivity contribution in [2.45, 2.75) is 10.6 Å². The number of aryl methyl sites for hydroxylation is 1. The van der Waals surface area contributed by atoms with Crippen molar-refractivity contribution in [1.82, 2.24) is 18.9 Å². The number of imidazole rings is 2. The van der Waals surface area contributed by atoms with Crippen LogP contribution >= 0.6 is 11.8 Å². The number of hydrogen-bond donors (Lipinski definition) is 1. The van der Waals surface area contributed by atoms with Gasteiger partial charge in [0.2, 0.25) is 5.78 Å². The topological polar surface area (TPSA) is 81.3 Å². The van der Waals surface area contributed by atoms with Gasteiger partial charge >= 0.3 is 0 Å². The summed E-state index contributed by atoms with van der Waals surface area (Å²) in [5, 5.41) is 2.87. The van der Waals surface area contributed by atoms with E-state index in [-0.39, 0.29) is 11.7 Å². The number of thioether (sulfide) groups is 1. The molecular weight excluding hydrogens is 446 g/mol. The van der Waals surface area contributed by atoms with Gasteiger partial charge in [-0.2, -0.15) is 0 Å². The van der Waals surface area contributed by atoms with Crippen molar-refractivity contribution < 1.29 is 9.59 Å². The van der Waals surface area contributed by atoms with Crippen LogP contribution in [-0.4, -0.2) is 30.6 Å². The summed E-state index contributed by atoms with van der Waals surface area (Å²) in [7, 11) is 1.78. The Hall–Kier alpha value is -4.17. The summed E-state index contributed by atoms with van der Waals surface area (Å²) in [5.41, 5.74) is 3.62. The van der Waals surface area contributed by atoms with Crippen molar-refractivity contribution in [3.63, 3.8) is 0 Å². The van der Waals surface area contributed by atoms with Crippen LogP contribution in [0.2, 0.25) is 0 Å². The summed E-state index contributed by atoms with van der Waals surface area (Å²) in [6.07, 6.45) is 7.32. The first-order valence-electron chi connectivity index (χ1n) is 10.7. The van der Waals surface area contributed by atoms with Crippen molar-refractivity contribution in [2.24, 2.45) is 7.05 Å². The molecule has 0 unspecified atom stereocenters. The summed E-state index contributed by atoms with van der Waals surface area (Å²) in [5.74, 6) is 0.745. The number of carbonyl (C=O) groups excluding carboxylic acids is 2. The van der Waals surface area contributed by atoms with Crippen LogP contribution in [0, 0.1) is 0 Å². The molecule has 3 heterocycles. The molecule has 0 bridgehead atoms. The molecular formula is C26H21N5O2S. The van der Waals surface area contributed by atoms with E-state index in [0.717, 1.165) is 22.0 Å². The fourth-order valence-electron chi connectivity index (χ4n) is 3.54. The van der Waals surface area contributed by atoms with E-state index in [0.29, 0.717) is 22.6 Å². The van der Waals surface area contributed by atoms with Gasteiger partial charge in [-0.15, -0.1) is 11.8 Å². The Bertz CT molecular complexity index is 1440. The number of nitrogens with zero attached hydrogens (tertiary/aromatic N) is 4. The molecule has 5 aromatic rings. The number of nitrogens with one attached hydrogen (secondary N) is 1. The fraction of sp³-hybridized carbons (Fsp3) is 0.0769. The first kappa shape index (κ1) is 21.7. The zero-order valence-corrected chi connectivity index (χ0v) is 19.2. The normalized spacial score (nSPS) is 11.0. The zero-order valence-electron chi connectivity index (χ0n) is 18.4. The van der Waals surface area contributed by atoms with Crippen LogP contribution in [0.15, 0.2) is 96.4 Å². The quantitative estimate of drug-likeness (QED) is 0.274. The molecule has 0 radical (unpaired) electrons. The highest BCUT2D eigenvalue weighted by Crippen LogP contribution is 2.23. The first-order valence-corrected chi connectivity index (χ1v) is 11.6. The Kier molecular flexibility index (Phi) is 5.97. The summed E-state index contributed by atoms with van der Waals surface area (Å²) < 4.78 is 3.68. The Morgan fingerprint density at radius 1 is 0.941 bits per heavy atom. The maximum atomic E-state index is 12.6. The van der Waals surface area contributed by atoms with Crippen molar-refractivity contribution in [3.05, 3.63) is 114 Å². The largest absolute Gasteiger partial charge is 0.331 e. The molecule has 0 saturated carbocycles. The van der Waals surface area contributed by atoms with E-state index in [1.165, 1.54) is 0 Å². The second-order valence-electron chi connectivity index (χ2n) is 7.73. The molecule has 0 aliphatic heterocycles. The Balaban J connectivity index is 1.18. The van der Waals surface area contributed by atoms with Crippen molar-refractivity contribution >= 4 is 34.8 Å². The summed E-state index contributed by atoms with van der Waals surface area (Å²) in [6, 6.07) is 20.2. The first-order chi connectivity index (χ1) is 16.6. The Morgan fingerprint density at radius 2 is 1.71 bits per heavy atom. The van der Waals surface area contributed by atoms with Gasteiger partial charge in [0, 0.05) is 59.3 Å². The number of amides is 1. The second-order valence-corrected chi connectivity index (χ2v) is 8.78. The maximum absolute atomic E-state index is 12.6. The number of carbonyl (C=O) groups is 2. The lowest BCUT2D eigenvalue weighted by Gasteiger charge is -2.07. The van der Waals surface area contributed by atoms with Crippen LogP contribution in [-0.2, 0) is 12.8 Å². The molecule has 34 heavy (non-hydrogen) atoms. The van der Waals surface area contributed by atoms with Gasteiger partial charge in [-0.25, -0.2) is 9.97 Å². The molecule has 0 aliphatic carbocycles. The van der Waals surface area contributed by atoms with Crippen LogP contribution in [0.4, 0.5) is 5.69 Å². The molecule has 5 rings (SSSR count). The lowest BCUT2D eigenvalue weighted by atomic mass is 10.1. The molecule has 1 amide bonds. The number of pyridine rings is 1. The molecule has 0 fully saturated rings. The van der Waals surface area contributed by atoms with E-state index in [2.05, 4.69) is 15.3 Å². The zero-order chi connectivity index (χ0) is 23.5. The number of anilines is 1. The van der Waals surface area contributed by atoms with Crippen LogP contribution in [0.25, 0.3) is 5.65 Å². The van der Waals surface area contributed by atoms with E-state index < -0.39 is 0 Å². The van der Waals surface area contributed by atoms with Crippen LogP contribution in [0.3, 0.4) is 0 Å². The lowest BCUT2D eigenvalue weighted by molar-refractivity contribution is 0.102. The lowest BCUT2D eigenvalue weighted by Crippen LogP contribution is -2.12. The minimum absolute atomic E-state index is 0.165. The Morgan fingerprint density at radius 3 is 2.41 bits per heavy atom. The monoisotopic (exact) mass is 467 g/mol. The van der Waals surface area contributed by atoms with Crippen LogP contribution in [0.1, 0.15) is 32.2 Å². The van der Waals surface area contributed by atoms with Gasteiger partial charge < -0.3 is 14.3 Å². The highest BCUT2D eigenvalue weighted by molar-refractivity contribution is 7.98. The number of aromatic nitrogens is 4. The minimum Gasteiger partial charge on any atom is -0.331 e. The number of benzene rings is 2. The van der Waals surface area contributed by atoms with E-state index >= 15 is 0 Å². The van der Waals surface area contributed by atoms with E-state index in [9.17, 15) is 9.59 Å². The predicted octanol–water partition coefficient (Wildman–Crippen LogP) is 4.84. The predicted molar refractivity (Wildman–Crippen MR) is 132 cm³/mol. The molecule has 168 valence electrons. The molecule has 7 nitrogen and oxygen atoms in total. The summed E-state index contributed by atoms with van der Waals surface area (Å²) in [6.45, 7) is 0. The smallest absolute Gasteiger partial charge is 0.255 e. The van der Waals surface area contributed by atoms with Gasteiger partial charge in [0.05, 0.1) is 5.69 Å². The minimum atomic E-state index is -0.208. The Labute approximate surface area is 200 Å². The summed E-state index contributed by atoms with van der Waals surface area (Å²) in [4.78, 5) is 34.9. The van der Waals surface area contributed by atoms with Gasteiger partial charge in [0.15, 0.2) is 5.82 Å². The molecule has 0 atom stereocenters. The molecule has 0 spiro atoms. The number of ketones is 1. The van der Waals surface area contributed by atoms with Gasteiger partial charge in [-0.1, -0.05) is 6.07 Å². The molecule has 0 saturated heterocycles. The third-order valence-electron chi connectivity index (χ3n) is 5.35. The summed E-state index contributed by atoms with van der Waals surface area (Å²) >= 11 is 1.67. The van der Waals surface area contributed by atoms with Crippen molar-refractivity contribution in [1.29, 1.82) is 0 Å². The average Bonchev–Trinajstić information content (AvgIpc) is 3.48. The average molecular weight is 468 g/mol. The molecule has 1 N–H and O–H groups in total. The fourth-order valence-corrected chi connectivity index (χ4v) is 4.32.